The molecular weight excluding hydrogens is 1020 g/mol. The van der Waals surface area contributed by atoms with Crippen molar-refractivity contribution in [3.63, 3.8) is 0 Å². The zero-order valence-corrected chi connectivity index (χ0v) is 53.9. The Morgan fingerprint density at radius 2 is 0.476 bits per heavy atom. The van der Waals surface area contributed by atoms with Gasteiger partial charge in [-0.25, -0.2) is 0 Å². The van der Waals surface area contributed by atoms with Crippen LogP contribution in [0, 0.1) is 23.7 Å². The predicted molar refractivity (Wildman–Crippen MR) is 371 cm³/mol. The minimum absolute atomic E-state index is 0.453. The van der Waals surface area contributed by atoms with Crippen LogP contribution in [0.1, 0.15) is 307 Å². The van der Waals surface area contributed by atoms with E-state index in [1.54, 1.807) is 0 Å². The van der Waals surface area contributed by atoms with Crippen molar-refractivity contribution in [2.24, 2.45) is 0 Å². The van der Waals surface area contributed by atoms with Crippen molar-refractivity contribution in [1.29, 1.82) is 0 Å². The molecule has 0 spiro atoms. The molecule has 0 aliphatic rings. The second-order valence-electron chi connectivity index (χ2n) is 25.2. The summed E-state index contributed by atoms with van der Waals surface area (Å²) < 4.78 is 0. The van der Waals surface area contributed by atoms with Crippen LogP contribution in [-0.4, -0.2) is 26.2 Å². The molecule has 6 rings (SSSR count). The monoisotopic (exact) mass is 1130 g/mol. The van der Waals surface area contributed by atoms with Crippen LogP contribution >= 0.6 is 0 Å². The van der Waals surface area contributed by atoms with Crippen LogP contribution in [0.4, 0.5) is 11.4 Å². The molecule has 0 heterocycles. The third-order valence-corrected chi connectivity index (χ3v) is 18.1. The molecule has 0 bridgehead atoms. The average molecular weight is 1140 g/mol. The molecule has 0 saturated carbocycles. The maximum atomic E-state index is 13.7. The first-order valence-corrected chi connectivity index (χ1v) is 35.3. The van der Waals surface area contributed by atoms with Crippen molar-refractivity contribution in [3.8, 4) is 23.7 Å². The van der Waals surface area contributed by atoms with E-state index in [4.69, 9.17) is 0 Å². The van der Waals surface area contributed by atoms with E-state index in [9.17, 15) is 9.59 Å². The summed E-state index contributed by atoms with van der Waals surface area (Å²) in [5.74, 6) is 14.0. The molecule has 0 aliphatic heterocycles. The van der Waals surface area contributed by atoms with E-state index in [1.807, 2.05) is 24.3 Å². The summed E-state index contributed by atoms with van der Waals surface area (Å²) >= 11 is 0. The van der Waals surface area contributed by atoms with E-state index in [1.165, 1.54) is 268 Å². The second-order valence-corrected chi connectivity index (χ2v) is 25.2. The van der Waals surface area contributed by atoms with Crippen molar-refractivity contribution in [1.82, 2.24) is 0 Å². The van der Waals surface area contributed by atoms with E-state index >= 15 is 0 Å². The number of rotatable bonds is 46. The number of hydrogen-bond donors (Lipinski definition) is 0. The van der Waals surface area contributed by atoms with Gasteiger partial charge in [-0.05, 0) is 109 Å². The van der Waals surface area contributed by atoms with Crippen LogP contribution in [0.2, 0.25) is 0 Å². The number of nitrogens with zero attached hydrogens (tertiary/aromatic N) is 2. The summed E-state index contributed by atoms with van der Waals surface area (Å²) in [6.45, 7) is 13.6. The minimum Gasteiger partial charge on any atom is -0.372 e. The van der Waals surface area contributed by atoms with Crippen LogP contribution in [-0.2, 0) is 0 Å². The lowest BCUT2D eigenvalue weighted by Gasteiger charge is -2.25. The first kappa shape index (κ1) is 67.8. The van der Waals surface area contributed by atoms with Crippen LogP contribution in [0.3, 0.4) is 0 Å². The van der Waals surface area contributed by atoms with Crippen molar-refractivity contribution < 1.29 is 0 Å². The summed E-state index contributed by atoms with van der Waals surface area (Å²) in [7, 11) is 0. The van der Waals surface area contributed by atoms with Crippen LogP contribution in [0.15, 0.2) is 94.5 Å². The highest BCUT2D eigenvalue weighted by atomic mass is 16.2. The maximum absolute atomic E-state index is 13.7. The van der Waals surface area contributed by atoms with Crippen molar-refractivity contribution in [3.05, 3.63) is 128 Å². The van der Waals surface area contributed by atoms with Crippen LogP contribution in [0.5, 0.6) is 0 Å². The molecular formula is C80H114N2O2. The van der Waals surface area contributed by atoms with E-state index in [2.05, 4.69) is 122 Å². The largest absolute Gasteiger partial charge is 0.372 e. The van der Waals surface area contributed by atoms with Gasteiger partial charge in [-0.3, -0.25) is 9.59 Å². The third-order valence-electron chi connectivity index (χ3n) is 18.1. The Hall–Kier alpha value is -5.32. The van der Waals surface area contributed by atoms with Gasteiger partial charge in [0.2, 0.25) is 10.9 Å². The number of hydrogen-bond acceptors (Lipinski definition) is 4. The molecule has 0 saturated heterocycles. The highest BCUT2D eigenvalue weighted by Gasteiger charge is 2.18. The average Bonchev–Trinajstić information content (AvgIpc) is 0.814. The Bertz CT molecular complexity index is 2680. The lowest BCUT2D eigenvalue weighted by atomic mass is 9.89. The number of anilines is 2. The molecule has 4 heteroatoms. The Labute approximate surface area is 512 Å². The smallest absolute Gasteiger partial charge is 0.234 e. The standard InChI is InChI=1S/C80H114N2O2/c1-5-9-13-17-21-25-29-33-37-41-63-81(64-42-38-34-30-26-22-18-14-10-6-2)71-55-47-67(48-56-71)45-51-69-53-59-75-77-73(69)61-62-74-70(54-60-76(78(74)77)80(84)79(75)83)52-46-68-49-57-72(58-50-68)82(65-43-39-35-31-27-23-19-15-11-7-3)66-44-40-36-32-28-24-20-16-12-8-4/h47-50,53-62H,5-44,63-66H2,1-4H3. The Kier molecular flexibility index (Phi) is 33.6. The van der Waals surface area contributed by atoms with Crippen molar-refractivity contribution in [2.75, 3.05) is 36.0 Å². The van der Waals surface area contributed by atoms with E-state index in [0.717, 1.165) is 70.0 Å². The van der Waals surface area contributed by atoms with Gasteiger partial charge in [-0.2, -0.15) is 0 Å². The van der Waals surface area contributed by atoms with E-state index < -0.39 is 10.9 Å². The van der Waals surface area contributed by atoms with Gasteiger partial charge in [-0.15, -0.1) is 0 Å². The topological polar surface area (TPSA) is 40.6 Å². The number of benzene rings is 6. The summed E-state index contributed by atoms with van der Waals surface area (Å²) in [5.41, 5.74) is 5.31. The van der Waals surface area contributed by atoms with Gasteiger partial charge in [0.05, 0.1) is 0 Å². The van der Waals surface area contributed by atoms with Gasteiger partial charge < -0.3 is 9.80 Å². The van der Waals surface area contributed by atoms with Gasteiger partial charge in [0.25, 0.3) is 0 Å². The Morgan fingerprint density at radius 3 is 0.726 bits per heavy atom. The normalized spacial score (nSPS) is 11.4. The van der Waals surface area contributed by atoms with Crippen molar-refractivity contribution in [2.45, 2.75) is 285 Å². The Morgan fingerprint density at radius 1 is 0.250 bits per heavy atom. The van der Waals surface area contributed by atoms with E-state index in [0.29, 0.717) is 10.8 Å². The summed E-state index contributed by atoms with van der Waals surface area (Å²) in [5, 5.41) is 4.31. The van der Waals surface area contributed by atoms with Gasteiger partial charge in [0.1, 0.15) is 0 Å². The molecule has 6 aromatic carbocycles. The lowest BCUT2D eigenvalue weighted by Crippen LogP contribution is -2.25. The third kappa shape index (κ3) is 23.9. The molecule has 456 valence electrons. The first-order valence-electron chi connectivity index (χ1n) is 35.3. The zero-order chi connectivity index (χ0) is 59.1. The summed E-state index contributed by atoms with van der Waals surface area (Å²) in [6, 6.07) is 29.4. The molecule has 0 atom stereocenters. The SMILES string of the molecule is CCCCCCCCCCCCN(CCCCCCCCCCCC)c1ccc(C#Cc2ccc3c(=O)c(=O)c4ccc(C#Cc5ccc(N(CCCCCCCCCCCC)CCCCCCCCCCCC)cc5)c5ccc2c3c54)cc1. The molecule has 0 aromatic heterocycles. The van der Waals surface area contributed by atoms with E-state index in [-0.39, 0.29) is 0 Å². The zero-order valence-electron chi connectivity index (χ0n) is 53.9. The molecule has 0 amide bonds. The van der Waals surface area contributed by atoms with Gasteiger partial charge in [0.15, 0.2) is 0 Å². The lowest BCUT2D eigenvalue weighted by molar-refractivity contribution is 0.543. The Balaban J connectivity index is 1.12. The van der Waals surface area contributed by atoms with Crippen LogP contribution < -0.4 is 20.7 Å². The van der Waals surface area contributed by atoms with Gasteiger partial charge in [0, 0.05) is 81.4 Å². The number of unbranched alkanes of at least 4 members (excludes halogenated alkanes) is 36. The molecule has 0 unspecified atom stereocenters. The minimum atomic E-state index is -0.454. The summed E-state index contributed by atoms with van der Waals surface area (Å²) in [4.78, 5) is 32.6. The fourth-order valence-corrected chi connectivity index (χ4v) is 12.8. The molecule has 4 nitrogen and oxygen atoms in total. The van der Waals surface area contributed by atoms with Gasteiger partial charge in [-0.1, -0.05) is 295 Å². The molecule has 0 N–H and O–H groups in total. The quantitative estimate of drug-likeness (QED) is 0.0165. The van der Waals surface area contributed by atoms with Crippen molar-refractivity contribution >= 4 is 43.7 Å². The summed E-state index contributed by atoms with van der Waals surface area (Å²) in [6.07, 6.45) is 54.1. The fraction of sp³-hybridized carbons (Fsp3) is 0.600. The molecule has 6 aromatic rings. The first-order chi connectivity index (χ1) is 41.5. The molecule has 84 heavy (non-hydrogen) atoms. The molecule has 0 radical (unpaired) electrons. The highest BCUT2D eigenvalue weighted by molar-refractivity contribution is 6.24. The molecule has 0 fully saturated rings. The second kappa shape index (κ2) is 41.7. The molecule has 0 aliphatic carbocycles. The van der Waals surface area contributed by atoms with Crippen LogP contribution in [0.25, 0.3) is 32.3 Å². The fourth-order valence-electron chi connectivity index (χ4n) is 12.8. The maximum Gasteiger partial charge on any atom is 0.234 e. The van der Waals surface area contributed by atoms with Gasteiger partial charge >= 0.3 is 0 Å². The predicted octanol–water partition coefficient (Wildman–Crippen LogP) is 22.8. The highest BCUT2D eigenvalue weighted by Crippen LogP contribution is 2.35.